The summed E-state index contributed by atoms with van der Waals surface area (Å²) in [7, 11) is 0. The molecule has 5 nitrogen and oxygen atoms in total. The van der Waals surface area contributed by atoms with E-state index in [9.17, 15) is 4.79 Å². The number of piperidine rings is 1. The van der Waals surface area contributed by atoms with E-state index in [-0.39, 0.29) is 12.1 Å². The van der Waals surface area contributed by atoms with Crippen LogP contribution >= 0.6 is 0 Å². The van der Waals surface area contributed by atoms with Gasteiger partial charge in [0.1, 0.15) is 5.60 Å². The first-order valence-electron chi connectivity index (χ1n) is 7.84. The Morgan fingerprint density at radius 3 is 2.45 bits per heavy atom. The standard InChI is InChI=1S/C15H29N3O2/c1-15(2,3)20-14(19)17-12-5-4-6-13(12)18-9-7-11(16)8-10-18/h11-13H,4-10,16H2,1-3H3,(H,17,19). The Labute approximate surface area is 122 Å². The minimum Gasteiger partial charge on any atom is -0.444 e. The van der Waals surface area contributed by atoms with E-state index in [1.165, 1.54) is 6.42 Å². The second kappa shape index (κ2) is 6.31. The molecule has 0 radical (unpaired) electrons. The van der Waals surface area contributed by atoms with Crippen molar-refractivity contribution in [3.63, 3.8) is 0 Å². The number of nitrogens with two attached hydrogens (primary N) is 1. The molecule has 2 atom stereocenters. The number of nitrogens with one attached hydrogen (secondary N) is 1. The van der Waals surface area contributed by atoms with Gasteiger partial charge in [0, 0.05) is 18.1 Å². The SMILES string of the molecule is CC(C)(C)OC(=O)NC1CCCC1N1CCC(N)CC1. The number of carbonyl (C=O) groups excluding carboxylic acids is 1. The van der Waals surface area contributed by atoms with Crippen LogP contribution in [0.15, 0.2) is 0 Å². The van der Waals surface area contributed by atoms with Crippen LogP contribution in [0.25, 0.3) is 0 Å². The second-order valence-electron chi connectivity index (χ2n) is 7.12. The van der Waals surface area contributed by atoms with Crippen molar-refractivity contribution in [2.75, 3.05) is 13.1 Å². The Morgan fingerprint density at radius 2 is 1.85 bits per heavy atom. The zero-order valence-corrected chi connectivity index (χ0v) is 13.0. The number of ether oxygens (including phenoxy) is 1. The molecule has 2 aliphatic rings. The molecule has 20 heavy (non-hydrogen) atoms. The second-order valence-corrected chi connectivity index (χ2v) is 7.12. The fourth-order valence-corrected chi connectivity index (χ4v) is 3.26. The van der Waals surface area contributed by atoms with Crippen LogP contribution in [0.3, 0.4) is 0 Å². The van der Waals surface area contributed by atoms with Crippen molar-refractivity contribution >= 4 is 6.09 Å². The van der Waals surface area contributed by atoms with Crippen molar-refractivity contribution in [3.8, 4) is 0 Å². The van der Waals surface area contributed by atoms with Crippen LogP contribution in [0.5, 0.6) is 0 Å². The first-order valence-corrected chi connectivity index (χ1v) is 7.84. The Balaban J connectivity index is 1.86. The van der Waals surface area contributed by atoms with Crippen LogP contribution in [-0.4, -0.2) is 47.8 Å². The number of carbonyl (C=O) groups is 1. The number of rotatable bonds is 2. The predicted molar refractivity (Wildman–Crippen MR) is 79.6 cm³/mol. The van der Waals surface area contributed by atoms with E-state index < -0.39 is 5.60 Å². The molecule has 0 aromatic rings. The Kier molecular flexibility index (Phi) is 4.91. The van der Waals surface area contributed by atoms with Crippen LogP contribution in [0.4, 0.5) is 4.79 Å². The third kappa shape index (κ3) is 4.35. The number of hydrogen-bond donors (Lipinski definition) is 2. The maximum absolute atomic E-state index is 11.9. The Morgan fingerprint density at radius 1 is 1.20 bits per heavy atom. The van der Waals surface area contributed by atoms with Gasteiger partial charge in [0.05, 0.1) is 0 Å². The topological polar surface area (TPSA) is 67.6 Å². The lowest BCUT2D eigenvalue weighted by molar-refractivity contribution is 0.0463. The van der Waals surface area contributed by atoms with Gasteiger partial charge in [-0.25, -0.2) is 4.79 Å². The van der Waals surface area contributed by atoms with Crippen molar-refractivity contribution in [1.82, 2.24) is 10.2 Å². The zero-order chi connectivity index (χ0) is 14.8. The summed E-state index contributed by atoms with van der Waals surface area (Å²) < 4.78 is 5.36. The first kappa shape index (κ1) is 15.6. The van der Waals surface area contributed by atoms with E-state index in [1.54, 1.807) is 0 Å². The number of amides is 1. The minimum atomic E-state index is -0.434. The van der Waals surface area contributed by atoms with E-state index in [0.717, 1.165) is 38.8 Å². The minimum absolute atomic E-state index is 0.221. The lowest BCUT2D eigenvalue weighted by atomic mass is 10.0. The monoisotopic (exact) mass is 283 g/mol. The summed E-state index contributed by atoms with van der Waals surface area (Å²) in [5, 5.41) is 3.06. The van der Waals surface area contributed by atoms with E-state index in [4.69, 9.17) is 10.5 Å². The average molecular weight is 283 g/mol. The highest BCUT2D eigenvalue weighted by Gasteiger charge is 2.35. The van der Waals surface area contributed by atoms with Gasteiger partial charge >= 0.3 is 6.09 Å². The summed E-state index contributed by atoms with van der Waals surface area (Å²) in [5.41, 5.74) is 5.53. The van der Waals surface area contributed by atoms with Gasteiger partial charge in [0.25, 0.3) is 0 Å². The smallest absolute Gasteiger partial charge is 0.407 e. The molecule has 1 aliphatic carbocycles. The molecule has 3 N–H and O–H groups in total. The molecular formula is C15H29N3O2. The van der Waals surface area contributed by atoms with Gasteiger partial charge in [-0.3, -0.25) is 4.90 Å². The highest BCUT2D eigenvalue weighted by atomic mass is 16.6. The summed E-state index contributed by atoms with van der Waals surface area (Å²) in [4.78, 5) is 14.4. The molecule has 116 valence electrons. The third-order valence-corrected chi connectivity index (χ3v) is 4.22. The summed E-state index contributed by atoms with van der Waals surface area (Å²) in [5.74, 6) is 0. The molecule has 1 heterocycles. The molecular weight excluding hydrogens is 254 g/mol. The third-order valence-electron chi connectivity index (χ3n) is 4.22. The molecule has 2 rings (SSSR count). The predicted octanol–water partition coefficient (Wildman–Crippen LogP) is 1.86. The summed E-state index contributed by atoms with van der Waals surface area (Å²) >= 11 is 0. The molecule has 0 aromatic carbocycles. The summed E-state index contributed by atoms with van der Waals surface area (Å²) in [6.07, 6.45) is 5.23. The Hall–Kier alpha value is -0.810. The highest BCUT2D eigenvalue weighted by molar-refractivity contribution is 5.68. The van der Waals surface area contributed by atoms with Gasteiger partial charge in [-0.05, 0) is 66.0 Å². The number of nitrogens with zero attached hydrogens (tertiary/aromatic N) is 1. The van der Waals surface area contributed by atoms with Crippen molar-refractivity contribution in [2.45, 2.75) is 76.6 Å². The molecule has 0 spiro atoms. The zero-order valence-electron chi connectivity index (χ0n) is 13.0. The van der Waals surface area contributed by atoms with Crippen molar-refractivity contribution < 1.29 is 9.53 Å². The van der Waals surface area contributed by atoms with E-state index in [0.29, 0.717) is 12.1 Å². The number of hydrogen-bond acceptors (Lipinski definition) is 4. The molecule has 2 fully saturated rings. The van der Waals surface area contributed by atoms with Crippen LogP contribution in [0.1, 0.15) is 52.9 Å². The van der Waals surface area contributed by atoms with Crippen LogP contribution in [-0.2, 0) is 4.74 Å². The van der Waals surface area contributed by atoms with Gasteiger partial charge in [0.15, 0.2) is 0 Å². The molecule has 1 aliphatic heterocycles. The number of likely N-dealkylation sites (tertiary alicyclic amines) is 1. The molecule has 1 saturated heterocycles. The van der Waals surface area contributed by atoms with E-state index >= 15 is 0 Å². The van der Waals surface area contributed by atoms with Crippen molar-refractivity contribution in [1.29, 1.82) is 0 Å². The van der Waals surface area contributed by atoms with Crippen molar-refractivity contribution in [2.24, 2.45) is 5.73 Å². The molecule has 0 bridgehead atoms. The fraction of sp³-hybridized carbons (Fsp3) is 0.933. The molecule has 1 amide bonds. The molecule has 0 aromatic heterocycles. The first-order chi connectivity index (χ1) is 9.35. The van der Waals surface area contributed by atoms with Crippen LogP contribution in [0, 0.1) is 0 Å². The van der Waals surface area contributed by atoms with Gasteiger partial charge in [-0.1, -0.05) is 0 Å². The van der Waals surface area contributed by atoms with Crippen molar-refractivity contribution in [3.05, 3.63) is 0 Å². The average Bonchev–Trinajstić information content (AvgIpc) is 2.75. The maximum Gasteiger partial charge on any atom is 0.407 e. The van der Waals surface area contributed by atoms with Crippen LogP contribution in [0.2, 0.25) is 0 Å². The lowest BCUT2D eigenvalue weighted by Gasteiger charge is -2.37. The van der Waals surface area contributed by atoms with Crippen LogP contribution < -0.4 is 11.1 Å². The molecule has 2 unspecified atom stereocenters. The van der Waals surface area contributed by atoms with Gasteiger partial charge < -0.3 is 15.8 Å². The van der Waals surface area contributed by atoms with E-state index in [1.807, 2.05) is 20.8 Å². The fourth-order valence-electron chi connectivity index (χ4n) is 3.26. The highest BCUT2D eigenvalue weighted by Crippen LogP contribution is 2.27. The molecule has 5 heteroatoms. The summed E-state index contributed by atoms with van der Waals surface area (Å²) in [6.45, 7) is 7.79. The maximum atomic E-state index is 11.9. The van der Waals surface area contributed by atoms with E-state index in [2.05, 4.69) is 10.2 Å². The normalized spacial score (nSPS) is 29.4. The number of alkyl carbamates (subject to hydrolysis) is 1. The summed E-state index contributed by atoms with van der Waals surface area (Å²) in [6, 6.07) is 1.03. The van der Waals surface area contributed by atoms with Gasteiger partial charge in [-0.15, -0.1) is 0 Å². The quantitative estimate of drug-likeness (QED) is 0.811. The lowest BCUT2D eigenvalue weighted by Crippen LogP contribution is -2.53. The molecule has 1 saturated carbocycles. The Bertz CT molecular complexity index is 333. The van der Waals surface area contributed by atoms with Gasteiger partial charge in [0.2, 0.25) is 0 Å². The van der Waals surface area contributed by atoms with Gasteiger partial charge in [-0.2, -0.15) is 0 Å². The largest absolute Gasteiger partial charge is 0.444 e.